The van der Waals surface area contributed by atoms with E-state index in [1.165, 1.54) is 0 Å². The minimum Gasteiger partial charge on any atom is -0.466 e. The predicted molar refractivity (Wildman–Crippen MR) is 51.4 cm³/mol. The van der Waals surface area contributed by atoms with Crippen molar-refractivity contribution in [3.05, 3.63) is 0 Å². The number of hydrogen-bond donors (Lipinski definition) is 0. The predicted octanol–water partition coefficient (Wildman–Crippen LogP) is 0.783. The maximum atomic E-state index is 11.4. The van der Waals surface area contributed by atoms with E-state index in [4.69, 9.17) is 10.00 Å². The summed E-state index contributed by atoms with van der Waals surface area (Å²) in [4.78, 5) is 13.3. The summed E-state index contributed by atoms with van der Waals surface area (Å²) in [6.45, 7) is 2.88. The second kappa shape index (κ2) is 4.97. The van der Waals surface area contributed by atoms with E-state index in [0.29, 0.717) is 13.2 Å². The first kappa shape index (κ1) is 11.0. The zero-order valence-electron chi connectivity index (χ0n) is 8.69. The Bertz CT molecular complexity index is 247. The number of hydrogen-bond acceptors (Lipinski definition) is 4. The number of likely N-dealkylation sites (tertiary alicyclic amines) is 1. The average molecular weight is 196 g/mol. The normalized spacial score (nSPS) is 28.1. The van der Waals surface area contributed by atoms with Crippen LogP contribution in [0.15, 0.2) is 0 Å². The highest BCUT2D eigenvalue weighted by Gasteiger charge is 2.30. The second-order valence-electron chi connectivity index (χ2n) is 3.61. The van der Waals surface area contributed by atoms with E-state index in [9.17, 15) is 4.79 Å². The molecule has 1 rings (SSSR count). The molecule has 14 heavy (non-hydrogen) atoms. The molecule has 2 atom stereocenters. The largest absolute Gasteiger partial charge is 0.466 e. The zero-order valence-corrected chi connectivity index (χ0v) is 8.69. The van der Waals surface area contributed by atoms with Gasteiger partial charge in [0.2, 0.25) is 0 Å². The Kier molecular flexibility index (Phi) is 3.90. The van der Waals surface area contributed by atoms with Crippen LogP contribution in [0.25, 0.3) is 0 Å². The number of rotatable bonds is 2. The minimum absolute atomic E-state index is 0.0410. The molecule has 1 aliphatic rings. The summed E-state index contributed by atoms with van der Waals surface area (Å²) in [5.74, 6) is -0.180. The van der Waals surface area contributed by atoms with Gasteiger partial charge in [-0.05, 0) is 26.8 Å². The molecular formula is C10H16N2O2. The summed E-state index contributed by atoms with van der Waals surface area (Å²) >= 11 is 0. The van der Waals surface area contributed by atoms with Crippen molar-refractivity contribution < 1.29 is 9.53 Å². The first-order valence-corrected chi connectivity index (χ1v) is 4.95. The first-order valence-electron chi connectivity index (χ1n) is 4.95. The van der Waals surface area contributed by atoms with Gasteiger partial charge in [0.1, 0.15) is 0 Å². The second-order valence-corrected chi connectivity index (χ2v) is 3.61. The number of piperidine rings is 1. The fourth-order valence-electron chi connectivity index (χ4n) is 1.76. The van der Waals surface area contributed by atoms with Crippen molar-refractivity contribution in [3.8, 4) is 6.07 Å². The van der Waals surface area contributed by atoms with Crippen LogP contribution in [0, 0.1) is 17.2 Å². The molecule has 1 saturated heterocycles. The molecule has 0 aromatic heterocycles. The fraction of sp³-hybridized carbons (Fsp3) is 0.800. The molecule has 0 bridgehead atoms. The summed E-state index contributed by atoms with van der Waals surface area (Å²) in [6, 6.07) is 2.18. The molecule has 0 spiro atoms. The molecular weight excluding hydrogens is 180 g/mol. The van der Waals surface area contributed by atoms with E-state index in [2.05, 4.69) is 6.07 Å². The van der Waals surface area contributed by atoms with Gasteiger partial charge in [0.25, 0.3) is 0 Å². The van der Waals surface area contributed by atoms with Gasteiger partial charge >= 0.3 is 5.97 Å². The number of ether oxygens (including phenoxy) is 1. The maximum absolute atomic E-state index is 11.4. The van der Waals surface area contributed by atoms with Crippen LogP contribution >= 0.6 is 0 Å². The van der Waals surface area contributed by atoms with Crippen molar-refractivity contribution in [3.63, 3.8) is 0 Å². The van der Waals surface area contributed by atoms with E-state index in [-0.39, 0.29) is 17.9 Å². The van der Waals surface area contributed by atoms with Gasteiger partial charge in [0.15, 0.2) is 0 Å². The Balaban J connectivity index is 2.47. The molecule has 4 nitrogen and oxygen atoms in total. The van der Waals surface area contributed by atoms with E-state index in [1.807, 2.05) is 18.9 Å². The average Bonchev–Trinajstić information content (AvgIpc) is 2.18. The third kappa shape index (κ3) is 2.46. The highest BCUT2D eigenvalue weighted by molar-refractivity contribution is 5.72. The van der Waals surface area contributed by atoms with E-state index in [1.54, 1.807) is 0 Å². The summed E-state index contributed by atoms with van der Waals surface area (Å²) in [7, 11) is 1.87. The van der Waals surface area contributed by atoms with Crippen LogP contribution in [0.5, 0.6) is 0 Å². The molecule has 0 unspecified atom stereocenters. The lowest BCUT2D eigenvalue weighted by molar-refractivity contribution is -0.150. The lowest BCUT2D eigenvalue weighted by Crippen LogP contribution is -2.42. The molecule has 0 saturated carbocycles. The van der Waals surface area contributed by atoms with Crippen molar-refractivity contribution in [2.24, 2.45) is 5.92 Å². The Hall–Kier alpha value is -1.08. The third-order valence-electron chi connectivity index (χ3n) is 2.60. The van der Waals surface area contributed by atoms with E-state index in [0.717, 1.165) is 12.8 Å². The molecule has 0 aliphatic carbocycles. The standard InChI is InChI=1S/C10H16N2O2/c1-3-14-10(13)8-4-5-9(6-11)12(2)7-8/h8-9H,3-5,7H2,1-2H3/t8-,9+/m1/s1. The number of esters is 1. The molecule has 4 heteroatoms. The van der Waals surface area contributed by atoms with Crippen molar-refractivity contribution in [2.75, 3.05) is 20.2 Å². The Labute approximate surface area is 84.4 Å². The van der Waals surface area contributed by atoms with Crippen LogP contribution < -0.4 is 0 Å². The van der Waals surface area contributed by atoms with E-state index < -0.39 is 0 Å². The Morgan fingerprint density at radius 2 is 2.36 bits per heavy atom. The smallest absolute Gasteiger partial charge is 0.310 e. The van der Waals surface area contributed by atoms with Gasteiger partial charge < -0.3 is 4.74 Å². The van der Waals surface area contributed by atoms with Crippen LogP contribution in [0.3, 0.4) is 0 Å². The van der Waals surface area contributed by atoms with Gasteiger partial charge in [-0.25, -0.2) is 0 Å². The molecule has 78 valence electrons. The summed E-state index contributed by atoms with van der Waals surface area (Å²) in [6.07, 6.45) is 1.53. The fourth-order valence-corrected chi connectivity index (χ4v) is 1.76. The number of nitrogens with zero attached hydrogens (tertiary/aromatic N) is 2. The molecule has 0 amide bonds. The Morgan fingerprint density at radius 1 is 1.64 bits per heavy atom. The van der Waals surface area contributed by atoms with Gasteiger partial charge in [-0.15, -0.1) is 0 Å². The third-order valence-corrected chi connectivity index (χ3v) is 2.60. The van der Waals surface area contributed by atoms with Crippen molar-refractivity contribution >= 4 is 5.97 Å². The topological polar surface area (TPSA) is 53.3 Å². The quantitative estimate of drug-likeness (QED) is 0.612. The van der Waals surface area contributed by atoms with Crippen molar-refractivity contribution in [1.29, 1.82) is 5.26 Å². The molecule has 0 N–H and O–H groups in total. The van der Waals surface area contributed by atoms with Gasteiger partial charge in [-0.3, -0.25) is 9.69 Å². The maximum Gasteiger partial charge on any atom is 0.310 e. The zero-order chi connectivity index (χ0) is 10.6. The monoisotopic (exact) mass is 196 g/mol. The number of carbonyl (C=O) groups excluding carboxylic acids is 1. The van der Waals surface area contributed by atoms with E-state index >= 15 is 0 Å². The first-order chi connectivity index (χ1) is 6.69. The summed E-state index contributed by atoms with van der Waals surface area (Å²) in [5, 5.41) is 8.78. The highest BCUT2D eigenvalue weighted by atomic mass is 16.5. The number of carbonyl (C=O) groups is 1. The van der Waals surface area contributed by atoms with Gasteiger partial charge in [-0.2, -0.15) is 5.26 Å². The van der Waals surface area contributed by atoms with Gasteiger partial charge in [0.05, 0.1) is 24.6 Å². The van der Waals surface area contributed by atoms with Gasteiger partial charge in [0, 0.05) is 6.54 Å². The van der Waals surface area contributed by atoms with Crippen LogP contribution in [0.4, 0.5) is 0 Å². The van der Waals surface area contributed by atoms with Crippen molar-refractivity contribution in [2.45, 2.75) is 25.8 Å². The highest BCUT2D eigenvalue weighted by Crippen LogP contribution is 2.21. The number of nitriles is 1. The summed E-state index contributed by atoms with van der Waals surface area (Å²) in [5.41, 5.74) is 0. The van der Waals surface area contributed by atoms with Crippen LogP contribution in [-0.2, 0) is 9.53 Å². The van der Waals surface area contributed by atoms with Crippen molar-refractivity contribution in [1.82, 2.24) is 4.90 Å². The summed E-state index contributed by atoms with van der Waals surface area (Å²) < 4.78 is 4.95. The molecule has 1 aliphatic heterocycles. The Morgan fingerprint density at radius 3 is 2.86 bits per heavy atom. The lowest BCUT2D eigenvalue weighted by Gasteiger charge is -2.32. The SMILES string of the molecule is CCOC(=O)[C@@H]1CC[C@@H](C#N)N(C)C1. The molecule has 1 fully saturated rings. The van der Waals surface area contributed by atoms with Crippen LogP contribution in [0.1, 0.15) is 19.8 Å². The molecule has 0 aromatic carbocycles. The molecule has 0 radical (unpaired) electrons. The molecule has 1 heterocycles. The van der Waals surface area contributed by atoms with Crippen LogP contribution in [0.2, 0.25) is 0 Å². The minimum atomic E-state index is -0.129. The van der Waals surface area contributed by atoms with Gasteiger partial charge in [-0.1, -0.05) is 0 Å². The molecule has 0 aromatic rings. The lowest BCUT2D eigenvalue weighted by atomic mass is 9.94. The van der Waals surface area contributed by atoms with Crippen LogP contribution in [-0.4, -0.2) is 37.1 Å².